The van der Waals surface area contributed by atoms with Gasteiger partial charge in [0.2, 0.25) is 0 Å². The number of nitrogens with zero attached hydrogens (tertiary/aromatic N) is 5. The zero-order valence-corrected chi connectivity index (χ0v) is 27.3. The van der Waals surface area contributed by atoms with E-state index in [9.17, 15) is 23.5 Å². The fourth-order valence-corrected chi connectivity index (χ4v) is 5.49. The van der Waals surface area contributed by atoms with Crippen molar-refractivity contribution in [2.24, 2.45) is 0 Å². The number of aliphatic hydroxyl groups excluding tert-OH is 1. The number of aliphatic hydroxyl groups is 1. The summed E-state index contributed by atoms with van der Waals surface area (Å²) in [5.74, 6) is -1.70. The lowest BCUT2D eigenvalue weighted by Gasteiger charge is -2.25. The van der Waals surface area contributed by atoms with Crippen LogP contribution >= 0.6 is 0 Å². The van der Waals surface area contributed by atoms with Crippen molar-refractivity contribution in [3.63, 3.8) is 0 Å². The minimum atomic E-state index is -1.17. The highest BCUT2D eigenvalue weighted by atomic mass is 19.1. The van der Waals surface area contributed by atoms with Crippen molar-refractivity contribution in [2.75, 3.05) is 19.6 Å². The first kappa shape index (κ1) is 35.3. The molecule has 0 aliphatic rings. The molecule has 3 N–H and O–H groups in total. The van der Waals surface area contributed by atoms with E-state index < -0.39 is 29.7 Å². The van der Waals surface area contributed by atoms with Gasteiger partial charge >= 0.3 is 0 Å². The van der Waals surface area contributed by atoms with Gasteiger partial charge in [0.25, 0.3) is 11.8 Å². The monoisotopic (exact) mass is 647 g/mol. The van der Waals surface area contributed by atoms with Crippen molar-refractivity contribution in [1.82, 2.24) is 35.7 Å². The minimum Gasteiger partial charge on any atom is -0.390 e. The molecular weight excluding hydrogens is 604 g/mol. The lowest BCUT2D eigenvalue weighted by Crippen LogP contribution is -2.48. The Morgan fingerprint density at radius 1 is 0.936 bits per heavy atom. The van der Waals surface area contributed by atoms with Crippen LogP contribution in [0.15, 0.2) is 60.7 Å². The largest absolute Gasteiger partial charge is 0.390 e. The van der Waals surface area contributed by atoms with Crippen LogP contribution in [0.5, 0.6) is 0 Å². The lowest BCUT2D eigenvalue weighted by atomic mass is 9.99. The fraction of sp³-hybridized carbons (Fsp3) is 0.400. The fourth-order valence-electron chi connectivity index (χ4n) is 5.49. The second-order valence-corrected chi connectivity index (χ2v) is 11.7. The third kappa shape index (κ3) is 9.72. The first-order valence-corrected chi connectivity index (χ1v) is 16.0. The third-order valence-electron chi connectivity index (χ3n) is 7.75. The molecule has 0 saturated heterocycles. The molecule has 4 rings (SSSR count). The van der Waals surface area contributed by atoms with Crippen LogP contribution in [0.2, 0.25) is 0 Å². The number of carbonyl (C=O) groups excluding carboxylic acids is 2. The highest BCUT2D eigenvalue weighted by Crippen LogP contribution is 2.17. The highest BCUT2D eigenvalue weighted by molar-refractivity contribution is 6.00. The predicted molar refractivity (Wildman–Crippen MR) is 175 cm³/mol. The van der Waals surface area contributed by atoms with Crippen molar-refractivity contribution >= 4 is 11.8 Å². The molecule has 250 valence electrons. The molecule has 1 heterocycles. The predicted octanol–water partition coefficient (Wildman–Crippen LogP) is 4.57. The van der Waals surface area contributed by atoms with E-state index in [-0.39, 0.29) is 36.5 Å². The van der Waals surface area contributed by atoms with Gasteiger partial charge in [-0.1, -0.05) is 32.9 Å². The second kappa shape index (κ2) is 16.8. The molecule has 0 aliphatic carbocycles. The Balaban J connectivity index is 1.52. The summed E-state index contributed by atoms with van der Waals surface area (Å²) in [6, 6.07) is 14.9. The van der Waals surface area contributed by atoms with Gasteiger partial charge in [0.15, 0.2) is 5.82 Å². The molecule has 0 spiro atoms. The molecule has 0 fully saturated rings. The normalized spacial score (nSPS) is 12.5. The van der Waals surface area contributed by atoms with Crippen LogP contribution in [-0.4, -0.2) is 73.8 Å². The summed E-state index contributed by atoms with van der Waals surface area (Å²) >= 11 is 0. The number of rotatable bonds is 16. The number of nitrogens with one attached hydrogen (secondary N) is 2. The van der Waals surface area contributed by atoms with Gasteiger partial charge in [-0.05, 0) is 102 Å². The van der Waals surface area contributed by atoms with Crippen molar-refractivity contribution in [1.29, 1.82) is 0 Å². The van der Waals surface area contributed by atoms with Crippen molar-refractivity contribution in [3.05, 3.63) is 106 Å². The molecule has 2 atom stereocenters. The second-order valence-electron chi connectivity index (χ2n) is 11.7. The molecule has 47 heavy (non-hydrogen) atoms. The van der Waals surface area contributed by atoms with Gasteiger partial charge in [0.05, 0.1) is 24.4 Å². The Kier molecular flexibility index (Phi) is 12.7. The number of tetrazole rings is 1. The topological polar surface area (TPSA) is 125 Å². The summed E-state index contributed by atoms with van der Waals surface area (Å²) in [7, 11) is 0. The van der Waals surface area contributed by atoms with E-state index in [0.717, 1.165) is 42.1 Å². The van der Waals surface area contributed by atoms with Crippen molar-refractivity contribution < 1.29 is 23.5 Å². The number of aryl methyl sites for hydroxylation is 2. The molecule has 4 aromatic rings. The quantitative estimate of drug-likeness (QED) is 0.163. The number of halogens is 2. The summed E-state index contributed by atoms with van der Waals surface area (Å²) in [5, 5.41) is 29.3. The van der Waals surface area contributed by atoms with Gasteiger partial charge < -0.3 is 20.6 Å². The number of aromatic nitrogens is 4. The maximum Gasteiger partial charge on any atom is 0.253 e. The minimum absolute atomic E-state index is 0.00511. The molecule has 0 bridgehead atoms. The molecule has 3 aromatic carbocycles. The molecule has 0 radical (unpaired) electrons. The zero-order chi connectivity index (χ0) is 33.9. The number of hydrogen-bond donors (Lipinski definition) is 3. The first-order valence-electron chi connectivity index (χ1n) is 16.0. The summed E-state index contributed by atoms with van der Waals surface area (Å²) < 4.78 is 29.7. The Hall–Kier alpha value is -4.55. The maximum atomic E-state index is 14.1. The van der Waals surface area contributed by atoms with Crippen molar-refractivity contribution in [3.8, 4) is 5.69 Å². The van der Waals surface area contributed by atoms with E-state index in [2.05, 4.69) is 33.1 Å². The van der Waals surface area contributed by atoms with Gasteiger partial charge in [0, 0.05) is 36.8 Å². The Morgan fingerprint density at radius 2 is 1.64 bits per heavy atom. The van der Waals surface area contributed by atoms with E-state index in [4.69, 9.17) is 0 Å². The molecule has 12 heteroatoms. The standard InChI is InChI=1S/C35H43F2N7O3/c1-5-11-43(12-6-2)35(47)27-14-23(4)13-26(19-27)34(46)39-31(18-25-15-28(36)20-29(37)16-25)32(45)21-38-22-33-40-41-42-44(33)30-10-8-9-24(7-3)17-30/h8-10,13-17,19-20,31-32,38,45H,5-7,11-12,18,21-22H2,1-4H3,(H,39,46)/t31-,32+/m0/s1. The highest BCUT2D eigenvalue weighted by Gasteiger charge is 2.25. The van der Waals surface area contributed by atoms with Gasteiger partial charge in [-0.2, -0.15) is 4.68 Å². The van der Waals surface area contributed by atoms with Crippen LogP contribution in [-0.2, 0) is 19.4 Å². The molecule has 1 aromatic heterocycles. The van der Waals surface area contributed by atoms with Gasteiger partial charge in [-0.25, -0.2) is 8.78 Å². The number of hydrogen-bond acceptors (Lipinski definition) is 7. The van der Waals surface area contributed by atoms with E-state index >= 15 is 0 Å². The Morgan fingerprint density at radius 3 is 2.32 bits per heavy atom. The van der Waals surface area contributed by atoms with E-state index in [1.807, 2.05) is 38.1 Å². The molecular formula is C35H43F2N7O3. The zero-order valence-electron chi connectivity index (χ0n) is 27.3. The van der Waals surface area contributed by atoms with Crippen LogP contribution in [0, 0.1) is 18.6 Å². The summed E-state index contributed by atoms with van der Waals surface area (Å²) in [6.07, 6.45) is 1.24. The molecule has 2 amide bonds. The number of amides is 2. The molecule has 0 unspecified atom stereocenters. The van der Waals surface area contributed by atoms with Crippen molar-refractivity contribution in [2.45, 2.75) is 72.1 Å². The van der Waals surface area contributed by atoms with Crippen LogP contribution < -0.4 is 10.6 Å². The Labute approximate surface area is 274 Å². The van der Waals surface area contributed by atoms with Crippen LogP contribution in [0.1, 0.15) is 76.8 Å². The van der Waals surface area contributed by atoms with Gasteiger partial charge in [0.1, 0.15) is 11.6 Å². The third-order valence-corrected chi connectivity index (χ3v) is 7.75. The van der Waals surface area contributed by atoms with Crippen LogP contribution in [0.25, 0.3) is 5.69 Å². The number of carbonyl (C=O) groups is 2. The average molecular weight is 648 g/mol. The lowest BCUT2D eigenvalue weighted by molar-refractivity contribution is 0.0755. The summed E-state index contributed by atoms with van der Waals surface area (Å²) in [5.41, 5.74) is 3.55. The van der Waals surface area contributed by atoms with E-state index in [0.29, 0.717) is 24.5 Å². The summed E-state index contributed by atoms with van der Waals surface area (Å²) in [4.78, 5) is 28.7. The van der Waals surface area contributed by atoms with Gasteiger partial charge in [-0.15, -0.1) is 5.10 Å². The molecule has 0 aliphatic heterocycles. The van der Waals surface area contributed by atoms with E-state index in [1.165, 1.54) is 12.1 Å². The van der Waals surface area contributed by atoms with E-state index in [1.54, 1.807) is 34.7 Å². The average Bonchev–Trinajstić information content (AvgIpc) is 3.51. The summed E-state index contributed by atoms with van der Waals surface area (Å²) in [6.45, 7) is 9.27. The Bertz CT molecular complexity index is 1640. The number of benzene rings is 3. The van der Waals surface area contributed by atoms with Crippen LogP contribution in [0.3, 0.4) is 0 Å². The van der Waals surface area contributed by atoms with Crippen LogP contribution in [0.4, 0.5) is 8.78 Å². The molecule has 0 saturated carbocycles. The van der Waals surface area contributed by atoms with Gasteiger partial charge in [-0.3, -0.25) is 9.59 Å². The molecule has 10 nitrogen and oxygen atoms in total. The first-order chi connectivity index (χ1) is 22.6. The maximum absolute atomic E-state index is 14.1. The smallest absolute Gasteiger partial charge is 0.253 e. The SMILES string of the molecule is CCCN(CCC)C(=O)c1cc(C)cc(C(=O)N[C@@H](Cc2cc(F)cc(F)c2)[C@H](O)CNCc2nnnn2-c2cccc(CC)c2)c1.